The van der Waals surface area contributed by atoms with Gasteiger partial charge in [0.2, 0.25) is 5.91 Å². The normalized spacial score (nSPS) is 16.1. The highest BCUT2D eigenvalue weighted by atomic mass is 79.9. The van der Waals surface area contributed by atoms with Crippen LogP contribution >= 0.6 is 15.9 Å². The average molecular weight is 461 g/mol. The minimum Gasteiger partial charge on any atom is -0.464 e. The number of hydrogen-bond acceptors (Lipinski definition) is 5. The number of hydrogen-bond donors (Lipinski definition) is 2. The summed E-state index contributed by atoms with van der Waals surface area (Å²) in [7, 11) is 0. The van der Waals surface area contributed by atoms with E-state index in [1.807, 2.05) is 0 Å². The second kappa shape index (κ2) is 9.58. The van der Waals surface area contributed by atoms with Gasteiger partial charge in [0.1, 0.15) is 11.9 Å². The Morgan fingerprint density at radius 1 is 1.21 bits per heavy atom. The van der Waals surface area contributed by atoms with Crippen molar-refractivity contribution in [3.63, 3.8) is 0 Å². The van der Waals surface area contributed by atoms with Crippen LogP contribution in [0.5, 0.6) is 0 Å². The summed E-state index contributed by atoms with van der Waals surface area (Å²) in [4.78, 5) is 35.6. The minimum absolute atomic E-state index is 0.0259. The summed E-state index contributed by atoms with van der Waals surface area (Å²) < 4.78 is 19.2. The van der Waals surface area contributed by atoms with Crippen molar-refractivity contribution in [1.29, 1.82) is 0 Å². The van der Waals surface area contributed by atoms with E-state index < -0.39 is 11.9 Å². The Labute approximate surface area is 175 Å². The summed E-state index contributed by atoms with van der Waals surface area (Å²) in [6.07, 6.45) is 3.25. The zero-order chi connectivity index (χ0) is 20.8. The molecule has 0 unspecified atom stereocenters. The van der Waals surface area contributed by atoms with E-state index >= 15 is 0 Å². The second-order valence-corrected chi connectivity index (χ2v) is 7.29. The van der Waals surface area contributed by atoms with E-state index in [1.165, 1.54) is 18.2 Å². The van der Waals surface area contributed by atoms with Crippen molar-refractivity contribution in [1.82, 2.24) is 5.32 Å². The minimum atomic E-state index is -0.455. The van der Waals surface area contributed by atoms with Crippen molar-refractivity contribution in [2.75, 3.05) is 18.5 Å². The number of rotatable bonds is 7. The van der Waals surface area contributed by atoms with Crippen LogP contribution in [0.1, 0.15) is 22.3 Å². The number of esters is 1. The largest absolute Gasteiger partial charge is 0.464 e. The maximum absolute atomic E-state index is 13.8. The average Bonchev–Trinajstić information content (AvgIpc) is 3.11. The van der Waals surface area contributed by atoms with Crippen LogP contribution in [0.3, 0.4) is 0 Å². The Morgan fingerprint density at radius 3 is 2.62 bits per heavy atom. The fourth-order valence-corrected chi connectivity index (χ4v) is 3.05. The van der Waals surface area contributed by atoms with Gasteiger partial charge < -0.3 is 10.1 Å². The summed E-state index contributed by atoms with van der Waals surface area (Å²) in [5.74, 6) is -1.38. The first kappa shape index (κ1) is 20.9. The van der Waals surface area contributed by atoms with E-state index in [9.17, 15) is 18.8 Å². The number of nitrogens with one attached hydrogen (secondary N) is 2. The molecule has 8 heteroatoms. The molecule has 2 N–H and O–H groups in total. The molecular formula is C21H18BrFN2O4. The number of ether oxygens (including phenoxy) is 1. The van der Waals surface area contributed by atoms with Gasteiger partial charge in [-0.25, -0.2) is 4.39 Å². The van der Waals surface area contributed by atoms with Gasteiger partial charge in [-0.05, 0) is 48.6 Å². The molecule has 3 rings (SSSR count). The summed E-state index contributed by atoms with van der Waals surface area (Å²) in [6, 6.07) is 10.5. The zero-order valence-electron chi connectivity index (χ0n) is 15.3. The molecule has 0 aliphatic carbocycles. The van der Waals surface area contributed by atoms with Gasteiger partial charge in [-0.1, -0.05) is 22.0 Å². The van der Waals surface area contributed by atoms with Crippen LogP contribution in [0.25, 0.3) is 6.08 Å². The van der Waals surface area contributed by atoms with Gasteiger partial charge in [-0.3, -0.25) is 19.7 Å². The molecule has 29 heavy (non-hydrogen) atoms. The van der Waals surface area contributed by atoms with Crippen LogP contribution in [-0.2, 0) is 14.3 Å². The maximum Gasteiger partial charge on any atom is 0.323 e. The molecule has 0 aromatic heterocycles. The number of ketones is 1. The highest BCUT2D eigenvalue weighted by molar-refractivity contribution is 9.10. The molecule has 1 saturated heterocycles. The third-order valence-electron chi connectivity index (χ3n) is 4.27. The Hall–Kier alpha value is -2.84. The first-order valence-electron chi connectivity index (χ1n) is 8.90. The van der Waals surface area contributed by atoms with E-state index in [-0.39, 0.29) is 24.2 Å². The number of halogens is 2. The van der Waals surface area contributed by atoms with E-state index in [2.05, 4.69) is 26.6 Å². The Kier molecular flexibility index (Phi) is 6.90. The molecule has 0 radical (unpaired) electrons. The van der Waals surface area contributed by atoms with E-state index in [0.717, 1.165) is 0 Å². The third kappa shape index (κ3) is 5.82. The fourth-order valence-electron chi connectivity index (χ4n) is 2.72. The molecule has 1 heterocycles. The highest BCUT2D eigenvalue weighted by Gasteiger charge is 2.26. The molecule has 0 spiro atoms. The van der Waals surface area contributed by atoms with E-state index in [1.54, 1.807) is 36.4 Å². The van der Waals surface area contributed by atoms with E-state index in [0.29, 0.717) is 34.3 Å². The molecule has 1 fully saturated rings. The van der Waals surface area contributed by atoms with Gasteiger partial charge in [0, 0.05) is 27.7 Å². The number of amides is 1. The lowest BCUT2D eigenvalue weighted by Gasteiger charge is -2.09. The van der Waals surface area contributed by atoms with Gasteiger partial charge in [0.15, 0.2) is 5.78 Å². The molecule has 1 amide bonds. The van der Waals surface area contributed by atoms with Gasteiger partial charge in [0.05, 0.1) is 13.2 Å². The fraction of sp³-hybridized carbons (Fsp3) is 0.190. The number of allylic oxidation sites excluding steroid dienone is 1. The first-order valence-corrected chi connectivity index (χ1v) is 9.69. The molecule has 2 aromatic rings. The third-order valence-corrected chi connectivity index (χ3v) is 4.77. The van der Waals surface area contributed by atoms with Crippen LogP contribution in [0.4, 0.5) is 10.1 Å². The number of anilines is 1. The molecule has 2 aromatic carbocycles. The number of carbonyl (C=O) groups is 3. The summed E-state index contributed by atoms with van der Waals surface area (Å²) in [5, 5.41) is 5.52. The number of benzene rings is 2. The maximum atomic E-state index is 13.8. The van der Waals surface area contributed by atoms with Gasteiger partial charge in [-0.15, -0.1) is 0 Å². The Bertz CT molecular complexity index is 960. The van der Waals surface area contributed by atoms with Crippen molar-refractivity contribution < 1.29 is 23.5 Å². The van der Waals surface area contributed by atoms with Crippen LogP contribution in [0.2, 0.25) is 0 Å². The molecule has 0 saturated carbocycles. The topological polar surface area (TPSA) is 84.5 Å². The van der Waals surface area contributed by atoms with Crippen molar-refractivity contribution in [3.05, 3.63) is 70.0 Å². The lowest BCUT2D eigenvalue weighted by atomic mass is 10.1. The molecule has 1 aliphatic heterocycles. The zero-order valence-corrected chi connectivity index (χ0v) is 16.9. The number of carbonyl (C=O) groups excluding carboxylic acids is 3. The molecule has 1 aliphatic rings. The standard InChI is InChI=1S/C21H18BrFN2O4/c22-15-5-1-13(17(23)11-15)4-8-19(26)14-2-6-16(7-3-14)25-20(27)12-24-18-9-10-29-21(18)28/h1-8,11,18,24H,9-10,12H2,(H,25,27)/b8-4+/t18-/m0/s1. The van der Waals surface area contributed by atoms with Crippen LogP contribution in [0.15, 0.2) is 53.0 Å². The van der Waals surface area contributed by atoms with Crippen molar-refractivity contribution in [3.8, 4) is 0 Å². The van der Waals surface area contributed by atoms with Crippen LogP contribution in [0, 0.1) is 5.82 Å². The predicted octanol–water partition coefficient (Wildman–Crippen LogP) is 3.33. The first-order chi connectivity index (χ1) is 13.9. The second-order valence-electron chi connectivity index (χ2n) is 6.38. The Morgan fingerprint density at radius 2 is 1.97 bits per heavy atom. The number of cyclic esters (lactones) is 1. The van der Waals surface area contributed by atoms with Crippen molar-refractivity contribution >= 4 is 45.4 Å². The van der Waals surface area contributed by atoms with Crippen LogP contribution < -0.4 is 10.6 Å². The Balaban J connectivity index is 1.53. The molecule has 1 atom stereocenters. The lowest BCUT2D eigenvalue weighted by Crippen LogP contribution is -2.38. The monoisotopic (exact) mass is 460 g/mol. The molecular weight excluding hydrogens is 443 g/mol. The summed E-state index contributed by atoms with van der Waals surface area (Å²) in [6.45, 7) is 0.332. The lowest BCUT2D eigenvalue weighted by molar-refractivity contribution is -0.139. The highest BCUT2D eigenvalue weighted by Crippen LogP contribution is 2.17. The van der Waals surface area contributed by atoms with Crippen molar-refractivity contribution in [2.45, 2.75) is 12.5 Å². The quantitative estimate of drug-likeness (QED) is 0.376. The molecule has 0 bridgehead atoms. The van der Waals surface area contributed by atoms with Crippen molar-refractivity contribution in [2.24, 2.45) is 0 Å². The summed E-state index contributed by atoms with van der Waals surface area (Å²) in [5.41, 5.74) is 1.23. The SMILES string of the molecule is O=C(CN[C@H]1CCOC1=O)Nc1ccc(C(=O)/C=C/c2ccc(Br)cc2F)cc1. The van der Waals surface area contributed by atoms with Gasteiger partial charge in [0.25, 0.3) is 0 Å². The van der Waals surface area contributed by atoms with Crippen LogP contribution in [-0.4, -0.2) is 36.9 Å². The molecule has 6 nitrogen and oxygen atoms in total. The smallest absolute Gasteiger partial charge is 0.323 e. The van der Waals surface area contributed by atoms with E-state index in [4.69, 9.17) is 4.74 Å². The predicted molar refractivity (Wildman–Crippen MR) is 110 cm³/mol. The summed E-state index contributed by atoms with van der Waals surface area (Å²) >= 11 is 3.18. The van der Waals surface area contributed by atoms with Gasteiger partial charge in [-0.2, -0.15) is 0 Å². The molecule has 150 valence electrons. The van der Waals surface area contributed by atoms with Gasteiger partial charge >= 0.3 is 5.97 Å².